The van der Waals surface area contributed by atoms with Gasteiger partial charge in [-0.3, -0.25) is 0 Å². The second-order valence-electron chi connectivity index (χ2n) is 4.88. The number of halogens is 2. The standard InChI is InChI=1S/C11H18N2.2ClH.Pd/c1-3-8-7-9-4-2-6-13-11(9)10(8)12-5-1;;;/h8-11H,1-7H2;2*1H;/q-2;;;+2/p-2. The Morgan fingerprint density at radius 3 is 1.75 bits per heavy atom. The molecule has 2 nitrogen and oxygen atoms in total. The first-order valence-electron chi connectivity index (χ1n) is 6.02. The van der Waals surface area contributed by atoms with Gasteiger partial charge in [-0.25, -0.2) is 0 Å². The van der Waals surface area contributed by atoms with Gasteiger partial charge in [0.05, 0.1) is 0 Å². The van der Waals surface area contributed by atoms with Crippen molar-refractivity contribution in [2.24, 2.45) is 11.8 Å². The summed E-state index contributed by atoms with van der Waals surface area (Å²) < 4.78 is 0. The van der Waals surface area contributed by atoms with Crippen molar-refractivity contribution in [3.8, 4) is 0 Å². The molecule has 0 radical (unpaired) electrons. The molecule has 0 aromatic rings. The van der Waals surface area contributed by atoms with Crippen LogP contribution in [-0.4, -0.2) is 25.2 Å². The monoisotopic (exact) mass is 354 g/mol. The minimum absolute atomic E-state index is 0.106. The fraction of sp³-hybridized carbons (Fsp3) is 1.00. The third kappa shape index (κ3) is 3.13. The van der Waals surface area contributed by atoms with Gasteiger partial charge in [0, 0.05) is 0 Å². The van der Waals surface area contributed by atoms with Crippen LogP contribution in [-0.2, 0) is 15.9 Å². The topological polar surface area (TPSA) is 28.2 Å². The Bertz CT molecular complexity index is 198. The molecule has 1 saturated carbocycles. The summed E-state index contributed by atoms with van der Waals surface area (Å²) in [6.07, 6.45) is 6.96. The van der Waals surface area contributed by atoms with Crippen LogP contribution in [0.4, 0.5) is 0 Å². The van der Waals surface area contributed by atoms with Gasteiger partial charge in [-0.15, -0.1) is 25.2 Å². The second-order valence-corrected chi connectivity index (χ2v) is 7.24. The molecule has 0 aromatic heterocycles. The third-order valence-corrected chi connectivity index (χ3v) is 4.07. The molecule has 16 heavy (non-hydrogen) atoms. The Morgan fingerprint density at radius 1 is 0.875 bits per heavy atom. The van der Waals surface area contributed by atoms with Crippen LogP contribution in [0.1, 0.15) is 32.1 Å². The van der Waals surface area contributed by atoms with Gasteiger partial charge in [0.15, 0.2) is 0 Å². The average molecular weight is 356 g/mol. The van der Waals surface area contributed by atoms with Gasteiger partial charge < -0.3 is 10.6 Å². The molecule has 0 amide bonds. The molecule has 4 atom stereocenters. The molecule has 0 N–H and O–H groups in total. The summed E-state index contributed by atoms with van der Waals surface area (Å²) >= 11 is -0.106. The van der Waals surface area contributed by atoms with Crippen LogP contribution in [0.25, 0.3) is 10.6 Å². The summed E-state index contributed by atoms with van der Waals surface area (Å²) in [6.45, 7) is 2.22. The molecular formula is C11H18Cl2N2Pd-2. The van der Waals surface area contributed by atoms with Crippen molar-refractivity contribution in [1.82, 2.24) is 0 Å². The van der Waals surface area contributed by atoms with Gasteiger partial charge >= 0.3 is 35.0 Å². The fourth-order valence-corrected chi connectivity index (χ4v) is 3.50. The molecule has 0 spiro atoms. The molecule has 4 unspecified atom stereocenters. The normalized spacial score (nSPS) is 41.9. The molecule has 3 rings (SSSR count). The number of hydrogen-bond acceptors (Lipinski definition) is 0. The Kier molecular flexibility index (Phi) is 5.88. The first-order valence-corrected chi connectivity index (χ1v) is 10.0. The van der Waals surface area contributed by atoms with E-state index >= 15 is 0 Å². The molecule has 1 aliphatic carbocycles. The van der Waals surface area contributed by atoms with E-state index in [-0.39, 0.29) is 15.9 Å². The van der Waals surface area contributed by atoms with Crippen LogP contribution in [0.2, 0.25) is 0 Å². The van der Waals surface area contributed by atoms with Gasteiger partial charge in [-0.1, -0.05) is 43.9 Å². The van der Waals surface area contributed by atoms with Crippen molar-refractivity contribution < 1.29 is 15.9 Å². The van der Waals surface area contributed by atoms with Crippen LogP contribution in [0, 0.1) is 11.8 Å². The van der Waals surface area contributed by atoms with Crippen LogP contribution in [0.3, 0.4) is 0 Å². The van der Waals surface area contributed by atoms with E-state index in [9.17, 15) is 0 Å². The Hall–Kier alpha value is 1.16. The first-order chi connectivity index (χ1) is 7.86. The van der Waals surface area contributed by atoms with E-state index in [1.165, 1.54) is 32.1 Å². The molecule has 2 aliphatic heterocycles. The molecular weight excluding hydrogens is 337 g/mol. The van der Waals surface area contributed by atoms with Crippen LogP contribution in [0.5, 0.6) is 0 Å². The number of hydrogen-bond donors (Lipinski definition) is 0. The SMILES string of the molecule is C1C[N-]C2C(C1)CC1CCC[N-]C12.[Cl][Pd][Cl]. The molecule has 0 bridgehead atoms. The van der Waals surface area contributed by atoms with Crippen molar-refractivity contribution in [1.29, 1.82) is 0 Å². The maximum atomic E-state index is 4.81. The predicted octanol–water partition coefficient (Wildman–Crippen LogP) is 4.07. The Morgan fingerprint density at radius 2 is 1.31 bits per heavy atom. The van der Waals surface area contributed by atoms with Crippen LogP contribution in [0.15, 0.2) is 0 Å². The van der Waals surface area contributed by atoms with E-state index in [2.05, 4.69) is 0 Å². The Labute approximate surface area is 114 Å². The molecule has 2 saturated heterocycles. The second kappa shape index (κ2) is 6.93. The van der Waals surface area contributed by atoms with Crippen LogP contribution >= 0.6 is 19.1 Å². The van der Waals surface area contributed by atoms with E-state index in [4.69, 9.17) is 29.7 Å². The zero-order valence-electron chi connectivity index (χ0n) is 9.23. The van der Waals surface area contributed by atoms with Gasteiger partial charge in [0.25, 0.3) is 0 Å². The van der Waals surface area contributed by atoms with E-state index < -0.39 is 0 Å². The number of fused-ring (bicyclic) bond motifs is 3. The van der Waals surface area contributed by atoms with Crippen LogP contribution < -0.4 is 0 Å². The Balaban J connectivity index is 0.000000292. The van der Waals surface area contributed by atoms with Crippen molar-refractivity contribution in [3.63, 3.8) is 0 Å². The third-order valence-electron chi connectivity index (χ3n) is 4.07. The van der Waals surface area contributed by atoms with E-state index in [0.29, 0.717) is 12.1 Å². The van der Waals surface area contributed by atoms with Crippen molar-refractivity contribution in [2.45, 2.75) is 44.2 Å². The molecule has 2 heterocycles. The average Bonchev–Trinajstić information content (AvgIpc) is 2.68. The maximum absolute atomic E-state index is 4.81. The summed E-state index contributed by atoms with van der Waals surface area (Å²) in [5.74, 6) is 1.82. The van der Waals surface area contributed by atoms with E-state index in [1.54, 1.807) is 0 Å². The zero-order valence-corrected chi connectivity index (χ0v) is 12.3. The molecule has 98 valence electrons. The quantitative estimate of drug-likeness (QED) is 0.586. The molecule has 0 aromatic carbocycles. The van der Waals surface area contributed by atoms with E-state index in [0.717, 1.165) is 24.9 Å². The fourth-order valence-electron chi connectivity index (χ4n) is 3.50. The number of nitrogens with zero attached hydrogens (tertiary/aromatic N) is 2. The first kappa shape index (κ1) is 13.6. The minimum atomic E-state index is -0.106. The molecule has 3 aliphatic rings. The van der Waals surface area contributed by atoms with Gasteiger partial charge in [-0.05, 0) is 0 Å². The van der Waals surface area contributed by atoms with Gasteiger partial charge in [-0.2, -0.15) is 0 Å². The number of rotatable bonds is 0. The summed E-state index contributed by atoms with van der Waals surface area (Å²) in [6, 6.07) is 1.28. The molecule has 3 fully saturated rings. The summed E-state index contributed by atoms with van der Waals surface area (Å²) in [5, 5.41) is 9.56. The molecule has 5 heteroatoms. The van der Waals surface area contributed by atoms with Crippen molar-refractivity contribution >= 4 is 19.1 Å². The zero-order chi connectivity index (χ0) is 11.4. The summed E-state index contributed by atoms with van der Waals surface area (Å²) in [7, 11) is 9.63. The summed E-state index contributed by atoms with van der Waals surface area (Å²) in [5.41, 5.74) is 0. The van der Waals surface area contributed by atoms with E-state index in [1.807, 2.05) is 0 Å². The predicted molar refractivity (Wildman–Crippen MR) is 65.8 cm³/mol. The van der Waals surface area contributed by atoms with Crippen molar-refractivity contribution in [2.75, 3.05) is 13.1 Å². The summed E-state index contributed by atoms with van der Waals surface area (Å²) in [4.78, 5) is 0. The number of piperidine rings is 2. The van der Waals surface area contributed by atoms with Crippen molar-refractivity contribution in [3.05, 3.63) is 10.6 Å². The van der Waals surface area contributed by atoms with Gasteiger partial charge in [0.1, 0.15) is 0 Å². The van der Waals surface area contributed by atoms with Gasteiger partial charge in [0.2, 0.25) is 0 Å².